The second-order valence-electron chi connectivity index (χ2n) is 12.6. The molecule has 274 valence electrons. The topological polar surface area (TPSA) is 288 Å². The van der Waals surface area contributed by atoms with Crippen molar-refractivity contribution in [1.82, 2.24) is 0 Å². The van der Waals surface area contributed by atoms with Crippen LogP contribution in [-0.2, 0) is 11.2 Å². The molecule has 0 fully saturated rings. The average molecular weight is 731 g/mol. The molecule has 1 unspecified atom stereocenters. The molecule has 2 aliphatic heterocycles. The van der Waals surface area contributed by atoms with E-state index < -0.39 is 105 Å². The zero-order valence-electron chi connectivity index (χ0n) is 26.9. The van der Waals surface area contributed by atoms with Crippen LogP contribution in [0.1, 0.15) is 56.3 Å². The van der Waals surface area contributed by atoms with Crippen LogP contribution in [0.5, 0.6) is 74.7 Å². The zero-order chi connectivity index (χ0) is 38.0. The summed E-state index contributed by atoms with van der Waals surface area (Å²) < 4.78 is 17.8. The number of aliphatic hydroxyl groups excluding tert-OH is 1. The van der Waals surface area contributed by atoms with Gasteiger partial charge in [0.05, 0.1) is 11.5 Å². The summed E-state index contributed by atoms with van der Waals surface area (Å²) in [6.45, 7) is 0. The lowest BCUT2D eigenvalue weighted by Gasteiger charge is -2.39. The third-order valence-corrected chi connectivity index (χ3v) is 9.23. The van der Waals surface area contributed by atoms with Crippen LogP contribution in [0.4, 0.5) is 0 Å². The molecule has 0 aliphatic carbocycles. The number of aliphatic hydroxyl groups is 1. The maximum absolute atomic E-state index is 13.4. The molecule has 16 heteroatoms. The Morgan fingerprint density at radius 3 is 1.74 bits per heavy atom. The lowest BCUT2D eigenvalue weighted by atomic mass is 9.77. The summed E-state index contributed by atoms with van der Waals surface area (Å²) in [5, 5.41) is 126. The number of carbonyl (C=O) groups excluding carboxylic acids is 1. The number of hydrogen-bond donors (Lipinski definition) is 12. The minimum absolute atomic E-state index is 0.0661. The van der Waals surface area contributed by atoms with Crippen molar-refractivity contribution in [2.75, 3.05) is 0 Å². The van der Waals surface area contributed by atoms with Crippen LogP contribution >= 0.6 is 0 Å². The number of ether oxygens (including phenoxy) is 3. The van der Waals surface area contributed by atoms with E-state index in [0.29, 0.717) is 0 Å². The van der Waals surface area contributed by atoms with Crippen molar-refractivity contribution in [3.8, 4) is 74.7 Å². The number of rotatable bonds is 5. The molecule has 0 saturated heterocycles. The molecule has 0 aromatic heterocycles. The first-order chi connectivity index (χ1) is 25.1. The normalized spacial score (nSPS) is 20.4. The van der Waals surface area contributed by atoms with Crippen LogP contribution in [-0.4, -0.2) is 79.5 Å². The summed E-state index contributed by atoms with van der Waals surface area (Å²) in [5.74, 6) is -9.82. The summed E-state index contributed by atoms with van der Waals surface area (Å²) in [6.07, 6.45) is -6.10. The predicted octanol–water partition coefficient (Wildman–Crippen LogP) is 3.98. The molecule has 7 rings (SSSR count). The number of hydrogen-bond acceptors (Lipinski definition) is 16. The van der Waals surface area contributed by atoms with E-state index in [9.17, 15) is 66.1 Å². The number of benzene rings is 5. The highest BCUT2D eigenvalue weighted by atomic mass is 16.6. The van der Waals surface area contributed by atoms with Gasteiger partial charge in [0, 0.05) is 46.9 Å². The minimum atomic E-state index is -1.72. The van der Waals surface area contributed by atoms with E-state index >= 15 is 0 Å². The van der Waals surface area contributed by atoms with Gasteiger partial charge in [-0.2, -0.15) is 0 Å². The van der Waals surface area contributed by atoms with Crippen molar-refractivity contribution in [3.63, 3.8) is 0 Å². The molecule has 5 aromatic rings. The number of aromatic hydroxyl groups is 11. The molecule has 2 aliphatic rings. The highest BCUT2D eigenvalue weighted by Crippen LogP contribution is 2.57. The van der Waals surface area contributed by atoms with E-state index in [2.05, 4.69) is 0 Å². The van der Waals surface area contributed by atoms with Crippen molar-refractivity contribution in [1.29, 1.82) is 0 Å². The van der Waals surface area contributed by atoms with Gasteiger partial charge in [0.1, 0.15) is 46.7 Å². The standard InChI is InChI=1S/C37H30O16/c38-16-9-22(43)29-27(10-16)52-36(14-2-4-19(40)21(42)6-14)34(49)31(29)30-23(44)12-26-17(32(30)47)11-28(35(51-26)13-1-3-18(39)20(41)5-13)53-37(50)15-7-24(45)33(48)25(46)8-15/h1-10,12,28,31,34-36,38-49H,11H2/t28-,31-,34?,35-,36-/m1/s1. The van der Waals surface area contributed by atoms with Crippen LogP contribution < -0.4 is 9.47 Å². The van der Waals surface area contributed by atoms with Crippen LogP contribution in [0.25, 0.3) is 0 Å². The van der Waals surface area contributed by atoms with E-state index in [1.54, 1.807) is 0 Å². The molecule has 12 N–H and O–H groups in total. The lowest BCUT2D eigenvalue weighted by molar-refractivity contribution is -0.0191. The molecule has 0 saturated carbocycles. The van der Waals surface area contributed by atoms with Crippen LogP contribution in [0.15, 0.2) is 66.7 Å². The number of esters is 1. The van der Waals surface area contributed by atoms with Crippen LogP contribution in [0.3, 0.4) is 0 Å². The summed E-state index contributed by atoms with van der Waals surface area (Å²) in [6, 6.07) is 12.1. The van der Waals surface area contributed by atoms with Gasteiger partial charge in [0.25, 0.3) is 0 Å². The maximum atomic E-state index is 13.4. The smallest absolute Gasteiger partial charge is 0.338 e. The van der Waals surface area contributed by atoms with Gasteiger partial charge in [-0.05, 0) is 42.0 Å². The Labute approximate surface area is 297 Å². The molecule has 0 radical (unpaired) electrons. The van der Waals surface area contributed by atoms with E-state index in [4.69, 9.17) is 14.2 Å². The molecular formula is C37H30O16. The minimum Gasteiger partial charge on any atom is -0.508 e. The van der Waals surface area contributed by atoms with Gasteiger partial charge in [-0.1, -0.05) is 12.1 Å². The number of carbonyl (C=O) groups is 1. The fraction of sp³-hybridized carbons (Fsp3) is 0.162. The molecule has 0 bridgehead atoms. The Balaban J connectivity index is 1.35. The van der Waals surface area contributed by atoms with Crippen molar-refractivity contribution in [2.24, 2.45) is 0 Å². The molecule has 0 spiro atoms. The van der Waals surface area contributed by atoms with Gasteiger partial charge < -0.3 is 75.5 Å². The first-order valence-electron chi connectivity index (χ1n) is 15.8. The number of phenols is 11. The van der Waals surface area contributed by atoms with Gasteiger partial charge >= 0.3 is 5.97 Å². The Bertz CT molecular complexity index is 2280. The van der Waals surface area contributed by atoms with Crippen LogP contribution in [0, 0.1) is 0 Å². The van der Waals surface area contributed by atoms with Gasteiger partial charge in [-0.15, -0.1) is 0 Å². The molecular weight excluding hydrogens is 700 g/mol. The predicted molar refractivity (Wildman–Crippen MR) is 178 cm³/mol. The third-order valence-electron chi connectivity index (χ3n) is 9.23. The van der Waals surface area contributed by atoms with E-state index in [1.807, 2.05) is 0 Å². The first kappa shape index (κ1) is 34.4. The van der Waals surface area contributed by atoms with E-state index in [1.165, 1.54) is 12.1 Å². The van der Waals surface area contributed by atoms with E-state index in [-0.39, 0.29) is 45.7 Å². The van der Waals surface area contributed by atoms with Gasteiger partial charge in [0.2, 0.25) is 0 Å². The fourth-order valence-corrected chi connectivity index (χ4v) is 6.71. The Kier molecular flexibility index (Phi) is 8.18. The van der Waals surface area contributed by atoms with Crippen molar-refractivity contribution in [3.05, 3.63) is 100 Å². The quantitative estimate of drug-likeness (QED) is 0.0899. The van der Waals surface area contributed by atoms with Crippen molar-refractivity contribution >= 4 is 5.97 Å². The lowest BCUT2D eigenvalue weighted by Crippen LogP contribution is -2.36. The summed E-state index contributed by atoms with van der Waals surface area (Å²) in [7, 11) is 0. The summed E-state index contributed by atoms with van der Waals surface area (Å²) >= 11 is 0. The average Bonchev–Trinajstić information content (AvgIpc) is 3.10. The molecule has 5 atom stereocenters. The Morgan fingerprint density at radius 1 is 0.566 bits per heavy atom. The highest BCUT2D eigenvalue weighted by Gasteiger charge is 2.46. The van der Waals surface area contributed by atoms with E-state index in [0.717, 1.165) is 54.6 Å². The number of phenolic OH excluding ortho intramolecular Hbond substituents is 11. The highest BCUT2D eigenvalue weighted by molar-refractivity contribution is 5.91. The second-order valence-corrected chi connectivity index (χ2v) is 12.6. The molecule has 2 heterocycles. The number of fused-ring (bicyclic) bond motifs is 2. The first-order valence-corrected chi connectivity index (χ1v) is 15.8. The molecule has 53 heavy (non-hydrogen) atoms. The second kappa shape index (κ2) is 12.6. The van der Waals surface area contributed by atoms with Gasteiger partial charge in [-0.25, -0.2) is 4.79 Å². The Morgan fingerprint density at radius 2 is 1.13 bits per heavy atom. The molecule has 5 aromatic carbocycles. The summed E-state index contributed by atoms with van der Waals surface area (Å²) in [5.41, 5.74) is -0.657. The van der Waals surface area contributed by atoms with Crippen molar-refractivity contribution < 1.29 is 80.3 Å². The van der Waals surface area contributed by atoms with Crippen LogP contribution in [0.2, 0.25) is 0 Å². The third kappa shape index (κ3) is 5.85. The maximum Gasteiger partial charge on any atom is 0.338 e. The largest absolute Gasteiger partial charge is 0.508 e. The van der Waals surface area contributed by atoms with Crippen molar-refractivity contribution in [2.45, 2.75) is 36.8 Å². The van der Waals surface area contributed by atoms with Gasteiger partial charge in [0.15, 0.2) is 52.5 Å². The molecule has 0 amide bonds. The SMILES string of the molecule is O=C(O[C@@H]1Cc2c(cc(O)c([C@H]3c4c(O)cc(O)cc4O[C@H](c4ccc(O)c(O)c4)C3O)c2O)O[C@@H]1c1ccc(O)c(O)c1)c1cc(O)c(O)c(O)c1. The van der Waals surface area contributed by atoms with Gasteiger partial charge in [-0.3, -0.25) is 0 Å². The fourth-order valence-electron chi connectivity index (χ4n) is 6.71. The monoisotopic (exact) mass is 730 g/mol. The Hall–Kier alpha value is -7.07. The zero-order valence-corrected chi connectivity index (χ0v) is 26.9. The molecule has 16 nitrogen and oxygen atoms in total. The summed E-state index contributed by atoms with van der Waals surface area (Å²) in [4.78, 5) is 13.4.